The minimum Gasteiger partial charge on any atom is -0.330 e. The third-order valence-electron chi connectivity index (χ3n) is 4.91. The Morgan fingerprint density at radius 2 is 2.11 bits per heavy atom. The molecule has 0 unspecified atom stereocenters. The van der Waals surface area contributed by atoms with Gasteiger partial charge >= 0.3 is 0 Å². The van der Waals surface area contributed by atoms with Gasteiger partial charge in [-0.3, -0.25) is 19.6 Å². The van der Waals surface area contributed by atoms with Crippen molar-refractivity contribution < 1.29 is 19.6 Å². The first-order valence-corrected chi connectivity index (χ1v) is 10.2. The molecule has 0 aliphatic carbocycles. The van der Waals surface area contributed by atoms with E-state index >= 15 is 0 Å². The number of anilines is 1. The number of rotatable bonds is 8. The fourth-order valence-electron chi connectivity index (χ4n) is 3.29. The first-order valence-electron chi connectivity index (χ1n) is 9.35. The Morgan fingerprint density at radius 3 is 2.70 bits per heavy atom. The number of hydroxylamine groups is 1. The number of hydrogen-bond acceptors (Lipinski definition) is 6. The molecule has 0 radical (unpaired) electrons. The number of aryl methyl sites for hydroxylation is 2. The summed E-state index contributed by atoms with van der Waals surface area (Å²) in [6.07, 6.45) is 3.51. The van der Waals surface area contributed by atoms with Gasteiger partial charge in [-0.1, -0.05) is 19.8 Å². The van der Waals surface area contributed by atoms with Crippen LogP contribution in [0.2, 0.25) is 0 Å². The van der Waals surface area contributed by atoms with Crippen LogP contribution in [-0.2, 0) is 14.4 Å². The first-order chi connectivity index (χ1) is 12.9. The second-order valence-electron chi connectivity index (χ2n) is 6.92. The number of nitrogens with zero attached hydrogens (tertiary/aromatic N) is 2. The van der Waals surface area contributed by atoms with Crippen molar-refractivity contribution in [3.63, 3.8) is 0 Å². The molecule has 1 saturated heterocycles. The lowest BCUT2D eigenvalue weighted by atomic mass is 9.96. The molecule has 1 aliphatic heterocycles. The average molecular weight is 397 g/mol. The van der Waals surface area contributed by atoms with Gasteiger partial charge in [0.2, 0.25) is 17.7 Å². The molecule has 1 fully saturated rings. The van der Waals surface area contributed by atoms with Crippen LogP contribution in [0.15, 0.2) is 0 Å². The lowest BCUT2D eigenvalue weighted by Crippen LogP contribution is -2.46. The summed E-state index contributed by atoms with van der Waals surface area (Å²) in [5.74, 6) is -1.56. The molecule has 2 rings (SSSR count). The van der Waals surface area contributed by atoms with Crippen LogP contribution in [0, 0.1) is 19.8 Å². The fraction of sp³-hybridized carbons (Fsp3) is 0.667. The van der Waals surface area contributed by atoms with E-state index in [0.717, 1.165) is 29.8 Å². The molecule has 8 nitrogen and oxygen atoms in total. The standard InChI is InChI=1S/C18H28N4O4S/c1-4-5-7-13(10-15(23)21-26)17(25)22-9-6-8-14(22)16(24)20-18-19-11(2)12(3)27-18/h13-14,26H,4-10H2,1-3H3,(H,21,23)(H,19,20,24)/t13-,14+/m1/s1. The quantitative estimate of drug-likeness (QED) is 0.461. The van der Waals surface area contributed by atoms with Gasteiger partial charge in [-0.05, 0) is 33.1 Å². The number of hydrogen-bond donors (Lipinski definition) is 3. The number of aromatic nitrogens is 1. The van der Waals surface area contributed by atoms with E-state index in [4.69, 9.17) is 5.21 Å². The van der Waals surface area contributed by atoms with E-state index in [2.05, 4.69) is 10.3 Å². The maximum Gasteiger partial charge on any atom is 0.248 e. The molecule has 0 spiro atoms. The molecule has 2 heterocycles. The number of likely N-dealkylation sites (tertiary alicyclic amines) is 1. The molecule has 0 saturated carbocycles. The van der Waals surface area contributed by atoms with E-state index in [-0.39, 0.29) is 18.2 Å². The van der Waals surface area contributed by atoms with Crippen LogP contribution < -0.4 is 10.8 Å². The molecule has 0 aromatic carbocycles. The summed E-state index contributed by atoms with van der Waals surface area (Å²) in [6.45, 7) is 6.34. The molecule has 27 heavy (non-hydrogen) atoms. The van der Waals surface area contributed by atoms with Gasteiger partial charge < -0.3 is 10.2 Å². The SMILES string of the molecule is CCCC[C@H](CC(=O)NO)C(=O)N1CCC[C@H]1C(=O)Nc1nc(C)c(C)s1. The summed E-state index contributed by atoms with van der Waals surface area (Å²) in [7, 11) is 0. The maximum absolute atomic E-state index is 13.0. The van der Waals surface area contributed by atoms with Crippen molar-refractivity contribution in [1.82, 2.24) is 15.4 Å². The van der Waals surface area contributed by atoms with Gasteiger partial charge in [-0.2, -0.15) is 0 Å². The monoisotopic (exact) mass is 396 g/mol. The molecule has 1 aromatic rings. The minimum absolute atomic E-state index is 0.0783. The Bertz CT molecular complexity index is 671. The number of thiazole rings is 1. The lowest BCUT2D eigenvalue weighted by Gasteiger charge is -2.27. The van der Waals surface area contributed by atoms with Crippen LogP contribution in [0.3, 0.4) is 0 Å². The molecule has 2 atom stereocenters. The number of amides is 3. The smallest absolute Gasteiger partial charge is 0.248 e. The van der Waals surface area contributed by atoms with Gasteiger partial charge in [0.25, 0.3) is 0 Å². The highest BCUT2D eigenvalue weighted by Crippen LogP contribution is 2.26. The van der Waals surface area contributed by atoms with Crippen molar-refractivity contribution in [2.45, 2.75) is 65.3 Å². The zero-order valence-corrected chi connectivity index (χ0v) is 16.9. The Balaban J connectivity index is 2.07. The van der Waals surface area contributed by atoms with Crippen LogP contribution in [-0.4, -0.2) is 45.4 Å². The Labute approximate surface area is 163 Å². The number of nitrogens with one attached hydrogen (secondary N) is 2. The van der Waals surface area contributed by atoms with E-state index < -0.39 is 17.9 Å². The molecule has 0 bridgehead atoms. The summed E-state index contributed by atoms with van der Waals surface area (Å²) in [5, 5.41) is 12.1. The van der Waals surface area contributed by atoms with Crippen LogP contribution in [0.4, 0.5) is 5.13 Å². The van der Waals surface area contributed by atoms with Crippen molar-refractivity contribution >= 4 is 34.2 Å². The summed E-state index contributed by atoms with van der Waals surface area (Å²) in [6, 6.07) is -0.552. The predicted molar refractivity (Wildman–Crippen MR) is 103 cm³/mol. The normalized spacial score (nSPS) is 17.6. The Kier molecular flexibility index (Phi) is 7.73. The molecule has 3 amide bonds. The van der Waals surface area contributed by atoms with Crippen LogP contribution >= 0.6 is 11.3 Å². The van der Waals surface area contributed by atoms with E-state index in [1.54, 1.807) is 10.4 Å². The summed E-state index contributed by atoms with van der Waals surface area (Å²) >= 11 is 1.41. The lowest BCUT2D eigenvalue weighted by molar-refractivity contribution is -0.143. The van der Waals surface area contributed by atoms with Gasteiger partial charge in [0, 0.05) is 23.8 Å². The molecule has 1 aromatic heterocycles. The number of unbranched alkanes of at least 4 members (excludes halogenated alkanes) is 1. The highest BCUT2D eigenvalue weighted by molar-refractivity contribution is 7.15. The van der Waals surface area contributed by atoms with Gasteiger partial charge in [0.1, 0.15) is 6.04 Å². The molecular weight excluding hydrogens is 368 g/mol. The van der Waals surface area contributed by atoms with Gasteiger partial charge in [0.15, 0.2) is 5.13 Å². The summed E-state index contributed by atoms with van der Waals surface area (Å²) in [4.78, 5) is 44.2. The third-order valence-corrected chi connectivity index (χ3v) is 5.90. The van der Waals surface area contributed by atoms with Gasteiger partial charge in [-0.25, -0.2) is 10.5 Å². The first kappa shape index (κ1) is 21.3. The average Bonchev–Trinajstić information content (AvgIpc) is 3.24. The summed E-state index contributed by atoms with van der Waals surface area (Å²) < 4.78 is 0. The topological polar surface area (TPSA) is 112 Å². The van der Waals surface area contributed by atoms with E-state index in [9.17, 15) is 14.4 Å². The largest absolute Gasteiger partial charge is 0.330 e. The van der Waals surface area contributed by atoms with Gasteiger partial charge in [-0.15, -0.1) is 11.3 Å². The third kappa shape index (κ3) is 5.49. The zero-order chi connectivity index (χ0) is 20.0. The molecule has 1 aliphatic rings. The van der Waals surface area contributed by atoms with Crippen molar-refractivity contribution in [1.29, 1.82) is 0 Å². The van der Waals surface area contributed by atoms with Crippen molar-refractivity contribution in [3.8, 4) is 0 Å². The van der Waals surface area contributed by atoms with Crippen LogP contribution in [0.5, 0.6) is 0 Å². The minimum atomic E-state index is -0.585. The zero-order valence-electron chi connectivity index (χ0n) is 16.1. The predicted octanol–water partition coefficient (Wildman–Crippen LogP) is 2.39. The highest BCUT2D eigenvalue weighted by atomic mass is 32.1. The van der Waals surface area contributed by atoms with Crippen LogP contribution in [0.1, 0.15) is 56.0 Å². The highest BCUT2D eigenvalue weighted by Gasteiger charge is 2.37. The molecule has 3 N–H and O–H groups in total. The molecule has 9 heteroatoms. The Hall–Kier alpha value is -2.00. The van der Waals surface area contributed by atoms with E-state index in [0.29, 0.717) is 24.5 Å². The Morgan fingerprint density at radius 1 is 1.37 bits per heavy atom. The number of carbonyl (C=O) groups excluding carboxylic acids is 3. The fourth-order valence-corrected chi connectivity index (χ4v) is 4.10. The van der Waals surface area contributed by atoms with Crippen LogP contribution in [0.25, 0.3) is 0 Å². The second-order valence-corrected chi connectivity index (χ2v) is 8.12. The van der Waals surface area contributed by atoms with Crippen molar-refractivity contribution in [2.75, 3.05) is 11.9 Å². The summed E-state index contributed by atoms with van der Waals surface area (Å²) in [5.41, 5.74) is 2.47. The van der Waals surface area contributed by atoms with E-state index in [1.807, 2.05) is 20.8 Å². The van der Waals surface area contributed by atoms with Crippen molar-refractivity contribution in [2.24, 2.45) is 5.92 Å². The van der Waals surface area contributed by atoms with Crippen molar-refractivity contribution in [3.05, 3.63) is 10.6 Å². The molecule has 150 valence electrons. The number of carbonyl (C=O) groups is 3. The second kappa shape index (κ2) is 9.80. The maximum atomic E-state index is 13.0. The molecular formula is C18H28N4O4S. The van der Waals surface area contributed by atoms with E-state index in [1.165, 1.54) is 11.3 Å². The van der Waals surface area contributed by atoms with Gasteiger partial charge in [0.05, 0.1) is 5.69 Å².